The average Bonchev–Trinajstić information content (AvgIpc) is 3.06. The van der Waals surface area contributed by atoms with Crippen molar-refractivity contribution in [1.29, 1.82) is 0 Å². The lowest BCUT2D eigenvalue weighted by Gasteiger charge is -2.33. The zero-order chi connectivity index (χ0) is 15.4. The van der Waals surface area contributed by atoms with Gasteiger partial charge in [0.15, 0.2) is 5.69 Å². The van der Waals surface area contributed by atoms with Gasteiger partial charge in [-0.2, -0.15) is 0 Å². The third-order valence-corrected chi connectivity index (χ3v) is 3.81. The van der Waals surface area contributed by atoms with Crippen molar-refractivity contribution >= 4 is 5.91 Å². The van der Waals surface area contributed by atoms with Crippen molar-refractivity contribution < 1.29 is 9.90 Å². The summed E-state index contributed by atoms with van der Waals surface area (Å²) in [5.41, 5.74) is 1.24. The fourth-order valence-corrected chi connectivity index (χ4v) is 2.55. The molecule has 1 aromatic heterocycles. The van der Waals surface area contributed by atoms with Crippen molar-refractivity contribution in [1.82, 2.24) is 24.8 Å². The lowest BCUT2D eigenvalue weighted by atomic mass is 10.3. The number of carbonyl (C=O) groups excluding carboxylic acids is 1. The SMILES string of the molecule is O=C(c1cn(-c2ccccc2)nn1)N1CCN(CCO)CC1. The summed E-state index contributed by atoms with van der Waals surface area (Å²) in [4.78, 5) is 16.4. The largest absolute Gasteiger partial charge is 0.395 e. The maximum atomic E-state index is 12.5. The van der Waals surface area contributed by atoms with Gasteiger partial charge in [0.25, 0.3) is 5.91 Å². The summed E-state index contributed by atoms with van der Waals surface area (Å²) < 4.78 is 1.61. The topological polar surface area (TPSA) is 74.5 Å². The number of amides is 1. The van der Waals surface area contributed by atoms with Gasteiger partial charge in [-0.15, -0.1) is 5.10 Å². The third kappa shape index (κ3) is 3.15. The average molecular weight is 301 g/mol. The van der Waals surface area contributed by atoms with E-state index < -0.39 is 0 Å². The monoisotopic (exact) mass is 301 g/mol. The predicted octanol–water partition coefficient (Wildman–Crippen LogP) is 0.0174. The number of rotatable bonds is 4. The van der Waals surface area contributed by atoms with Crippen LogP contribution in [0.25, 0.3) is 5.69 Å². The molecule has 2 heterocycles. The zero-order valence-corrected chi connectivity index (χ0v) is 12.3. The number of aliphatic hydroxyl groups is 1. The number of carbonyl (C=O) groups is 1. The van der Waals surface area contributed by atoms with Crippen molar-refractivity contribution in [3.63, 3.8) is 0 Å². The first-order chi connectivity index (χ1) is 10.8. The molecule has 0 spiro atoms. The Hall–Kier alpha value is -2.25. The van der Waals surface area contributed by atoms with Crippen molar-refractivity contribution in [2.75, 3.05) is 39.3 Å². The van der Waals surface area contributed by atoms with Gasteiger partial charge < -0.3 is 10.0 Å². The van der Waals surface area contributed by atoms with Crippen LogP contribution in [-0.4, -0.2) is 75.1 Å². The van der Waals surface area contributed by atoms with Crippen LogP contribution in [0.3, 0.4) is 0 Å². The molecular formula is C15H19N5O2. The van der Waals surface area contributed by atoms with Gasteiger partial charge in [-0.3, -0.25) is 9.69 Å². The molecule has 0 atom stereocenters. The minimum Gasteiger partial charge on any atom is -0.395 e. The van der Waals surface area contributed by atoms with Crippen LogP contribution < -0.4 is 0 Å². The molecule has 1 aliphatic rings. The highest BCUT2D eigenvalue weighted by Gasteiger charge is 2.23. The Kier molecular flexibility index (Phi) is 4.45. The van der Waals surface area contributed by atoms with Gasteiger partial charge in [0.1, 0.15) is 0 Å². The molecule has 1 saturated heterocycles. The van der Waals surface area contributed by atoms with E-state index in [4.69, 9.17) is 5.11 Å². The van der Waals surface area contributed by atoms with E-state index in [0.29, 0.717) is 25.3 Å². The second kappa shape index (κ2) is 6.67. The predicted molar refractivity (Wildman–Crippen MR) is 80.8 cm³/mol. The fraction of sp³-hybridized carbons (Fsp3) is 0.400. The molecule has 0 radical (unpaired) electrons. The summed E-state index contributed by atoms with van der Waals surface area (Å²) in [6.45, 7) is 3.66. The molecule has 0 bridgehead atoms. The highest BCUT2D eigenvalue weighted by Crippen LogP contribution is 2.09. The summed E-state index contributed by atoms with van der Waals surface area (Å²) in [7, 11) is 0. The van der Waals surface area contributed by atoms with E-state index in [1.54, 1.807) is 15.8 Å². The summed E-state index contributed by atoms with van der Waals surface area (Å²) in [6, 6.07) is 9.59. The molecule has 7 nitrogen and oxygen atoms in total. The molecule has 1 aromatic carbocycles. The van der Waals surface area contributed by atoms with Crippen molar-refractivity contribution in [3.8, 4) is 5.69 Å². The van der Waals surface area contributed by atoms with Gasteiger partial charge in [-0.05, 0) is 12.1 Å². The molecule has 0 saturated carbocycles. The molecule has 7 heteroatoms. The van der Waals surface area contributed by atoms with E-state index in [1.807, 2.05) is 30.3 Å². The number of para-hydroxylation sites is 1. The maximum absolute atomic E-state index is 12.5. The van der Waals surface area contributed by atoms with Gasteiger partial charge in [0, 0.05) is 32.7 Å². The molecule has 1 N–H and O–H groups in total. The number of β-amino-alcohol motifs (C(OH)–C–C–N with tert-alkyl or cyclic N) is 1. The Balaban J connectivity index is 1.65. The van der Waals surface area contributed by atoms with Crippen LogP contribution in [0.1, 0.15) is 10.5 Å². The Morgan fingerprint density at radius 1 is 1.14 bits per heavy atom. The van der Waals surface area contributed by atoms with Crippen LogP contribution in [0.15, 0.2) is 36.5 Å². The molecule has 3 rings (SSSR count). The van der Waals surface area contributed by atoms with Crippen molar-refractivity contribution in [2.45, 2.75) is 0 Å². The van der Waals surface area contributed by atoms with Gasteiger partial charge >= 0.3 is 0 Å². The summed E-state index contributed by atoms with van der Waals surface area (Å²) in [6.07, 6.45) is 1.66. The van der Waals surface area contributed by atoms with E-state index in [0.717, 1.165) is 18.8 Å². The number of hydrogen-bond acceptors (Lipinski definition) is 5. The minimum absolute atomic E-state index is 0.0918. The van der Waals surface area contributed by atoms with Gasteiger partial charge in [0.2, 0.25) is 0 Å². The number of piperazine rings is 1. The van der Waals surface area contributed by atoms with Crippen LogP contribution in [-0.2, 0) is 0 Å². The Bertz CT molecular complexity index is 620. The molecule has 0 unspecified atom stereocenters. The molecule has 116 valence electrons. The zero-order valence-electron chi connectivity index (χ0n) is 12.3. The van der Waals surface area contributed by atoms with Crippen molar-refractivity contribution in [2.24, 2.45) is 0 Å². The smallest absolute Gasteiger partial charge is 0.276 e. The van der Waals surface area contributed by atoms with E-state index >= 15 is 0 Å². The Labute approximate surface area is 128 Å². The van der Waals surface area contributed by atoms with Gasteiger partial charge in [-0.1, -0.05) is 23.4 Å². The molecule has 0 aliphatic carbocycles. The Morgan fingerprint density at radius 3 is 2.55 bits per heavy atom. The highest BCUT2D eigenvalue weighted by molar-refractivity contribution is 5.92. The minimum atomic E-state index is -0.0918. The quantitative estimate of drug-likeness (QED) is 0.861. The molecule has 1 amide bonds. The van der Waals surface area contributed by atoms with E-state index in [2.05, 4.69) is 15.2 Å². The summed E-state index contributed by atoms with van der Waals surface area (Å²) in [5.74, 6) is -0.0918. The number of nitrogens with zero attached hydrogens (tertiary/aromatic N) is 5. The van der Waals surface area contributed by atoms with Crippen LogP contribution in [0.5, 0.6) is 0 Å². The lowest BCUT2D eigenvalue weighted by molar-refractivity contribution is 0.0609. The number of benzene rings is 1. The van der Waals surface area contributed by atoms with E-state index in [-0.39, 0.29) is 12.5 Å². The van der Waals surface area contributed by atoms with Crippen molar-refractivity contribution in [3.05, 3.63) is 42.2 Å². The van der Waals surface area contributed by atoms with Crippen LogP contribution in [0, 0.1) is 0 Å². The standard InChI is InChI=1S/C15H19N5O2/c21-11-10-18-6-8-19(9-7-18)15(22)14-12-20(17-16-14)13-4-2-1-3-5-13/h1-5,12,21H,6-11H2. The first kappa shape index (κ1) is 14.7. The number of hydrogen-bond donors (Lipinski definition) is 1. The van der Waals surface area contributed by atoms with E-state index in [9.17, 15) is 4.79 Å². The Morgan fingerprint density at radius 2 is 1.86 bits per heavy atom. The van der Waals surface area contributed by atoms with Crippen LogP contribution >= 0.6 is 0 Å². The molecule has 22 heavy (non-hydrogen) atoms. The molecule has 1 aliphatic heterocycles. The van der Waals surface area contributed by atoms with Gasteiger partial charge in [0.05, 0.1) is 18.5 Å². The normalized spacial score (nSPS) is 16.0. The first-order valence-corrected chi connectivity index (χ1v) is 7.38. The first-order valence-electron chi connectivity index (χ1n) is 7.38. The lowest BCUT2D eigenvalue weighted by Crippen LogP contribution is -2.49. The number of aliphatic hydroxyl groups excluding tert-OH is 1. The number of aromatic nitrogens is 3. The molecule has 2 aromatic rings. The third-order valence-electron chi connectivity index (χ3n) is 3.81. The fourth-order valence-electron chi connectivity index (χ4n) is 2.55. The molecular weight excluding hydrogens is 282 g/mol. The van der Waals surface area contributed by atoms with Crippen LogP contribution in [0.4, 0.5) is 0 Å². The molecule has 1 fully saturated rings. The summed E-state index contributed by atoms with van der Waals surface area (Å²) in [5, 5.41) is 17.0. The second-order valence-corrected chi connectivity index (χ2v) is 5.24. The second-order valence-electron chi connectivity index (χ2n) is 5.24. The van der Waals surface area contributed by atoms with Crippen LogP contribution in [0.2, 0.25) is 0 Å². The maximum Gasteiger partial charge on any atom is 0.276 e. The highest BCUT2D eigenvalue weighted by atomic mass is 16.3. The van der Waals surface area contributed by atoms with Gasteiger partial charge in [-0.25, -0.2) is 4.68 Å². The summed E-state index contributed by atoms with van der Waals surface area (Å²) >= 11 is 0. The van der Waals surface area contributed by atoms with E-state index in [1.165, 1.54) is 0 Å².